The van der Waals surface area contributed by atoms with Crippen LogP contribution in [0.3, 0.4) is 0 Å². The molecular formula is C13H16N4O3S. The largest absolute Gasteiger partial charge is 0.464 e. The van der Waals surface area contributed by atoms with E-state index in [1.807, 2.05) is 13.1 Å². The van der Waals surface area contributed by atoms with Crippen LogP contribution in [0.2, 0.25) is 0 Å². The van der Waals surface area contributed by atoms with Crippen molar-refractivity contribution in [3.8, 4) is 0 Å². The molecule has 8 heteroatoms. The number of anilines is 1. The summed E-state index contributed by atoms with van der Waals surface area (Å²) < 4.78 is 6.43. The van der Waals surface area contributed by atoms with Crippen molar-refractivity contribution in [3.63, 3.8) is 0 Å². The van der Waals surface area contributed by atoms with Gasteiger partial charge in [-0.15, -0.1) is 0 Å². The van der Waals surface area contributed by atoms with Crippen molar-refractivity contribution in [2.75, 3.05) is 19.0 Å². The molecule has 0 aliphatic rings. The van der Waals surface area contributed by atoms with Crippen molar-refractivity contribution in [1.82, 2.24) is 14.8 Å². The fourth-order valence-corrected chi connectivity index (χ4v) is 2.69. The zero-order valence-electron chi connectivity index (χ0n) is 12.0. The number of aryl methyl sites for hydroxylation is 1. The highest BCUT2D eigenvalue weighted by atomic mass is 32.1. The number of ketones is 1. The fourth-order valence-electron chi connectivity index (χ4n) is 1.81. The van der Waals surface area contributed by atoms with Crippen LogP contribution in [0.5, 0.6) is 0 Å². The lowest BCUT2D eigenvalue weighted by Gasteiger charge is -2.03. The zero-order chi connectivity index (χ0) is 15.4. The number of nitrogens with one attached hydrogen (secondary N) is 1. The van der Waals surface area contributed by atoms with Gasteiger partial charge in [-0.05, 0) is 6.07 Å². The van der Waals surface area contributed by atoms with Crippen LogP contribution in [-0.4, -0.2) is 40.2 Å². The summed E-state index contributed by atoms with van der Waals surface area (Å²) in [5.74, 6) is -0.802. The first-order chi connectivity index (χ1) is 10.0. The quantitative estimate of drug-likeness (QED) is 0.643. The van der Waals surface area contributed by atoms with Gasteiger partial charge < -0.3 is 10.1 Å². The molecule has 7 nitrogen and oxygen atoms in total. The number of carbonyl (C=O) groups is 2. The summed E-state index contributed by atoms with van der Waals surface area (Å²) in [6.45, 7) is 2.03. The van der Waals surface area contributed by atoms with E-state index in [1.54, 1.807) is 10.9 Å². The number of Topliss-reactive ketones (excluding diaryl/α,β-unsaturated/α-hetero) is 1. The highest BCUT2D eigenvalue weighted by Gasteiger charge is 2.21. The van der Waals surface area contributed by atoms with Crippen LogP contribution in [0.15, 0.2) is 12.3 Å². The molecule has 1 N–H and O–H groups in total. The summed E-state index contributed by atoms with van der Waals surface area (Å²) in [4.78, 5) is 27.6. The molecule has 0 aromatic carbocycles. The van der Waals surface area contributed by atoms with Gasteiger partial charge in [-0.25, -0.2) is 9.78 Å². The predicted octanol–water partition coefficient (Wildman–Crippen LogP) is 1.52. The maximum Gasteiger partial charge on any atom is 0.358 e. The third-order valence-electron chi connectivity index (χ3n) is 2.91. The maximum absolute atomic E-state index is 11.6. The number of nitrogens with zero attached hydrogens (tertiary/aromatic N) is 3. The van der Waals surface area contributed by atoms with Crippen LogP contribution in [-0.2, 0) is 18.2 Å². The minimum absolute atomic E-state index is 0.0676. The zero-order valence-corrected chi connectivity index (χ0v) is 12.9. The average molecular weight is 308 g/mol. The Morgan fingerprint density at radius 1 is 1.48 bits per heavy atom. The number of thiazole rings is 1. The van der Waals surface area contributed by atoms with E-state index in [-0.39, 0.29) is 11.5 Å². The molecule has 2 aromatic heterocycles. The van der Waals surface area contributed by atoms with E-state index >= 15 is 0 Å². The standard InChI is InChI=1S/C13H16N4O3S/c1-8(18)11-10(12(19)20-3)16-13(21-11)14-6-4-9-5-7-15-17(9)2/h5,7H,4,6H2,1-3H3,(H,14,16). The van der Waals surface area contributed by atoms with Gasteiger partial charge in [0.05, 0.1) is 7.11 Å². The molecule has 0 amide bonds. The van der Waals surface area contributed by atoms with E-state index in [2.05, 4.69) is 20.1 Å². The van der Waals surface area contributed by atoms with Gasteiger partial charge in [0.2, 0.25) is 0 Å². The molecule has 0 aliphatic carbocycles. The summed E-state index contributed by atoms with van der Waals surface area (Å²) in [6, 6.07) is 1.93. The van der Waals surface area contributed by atoms with Crippen molar-refractivity contribution >= 4 is 28.2 Å². The normalized spacial score (nSPS) is 10.4. The third kappa shape index (κ3) is 3.46. The number of hydrogen-bond donors (Lipinski definition) is 1. The molecule has 0 bridgehead atoms. The summed E-state index contributed by atoms with van der Waals surface area (Å²) >= 11 is 1.16. The van der Waals surface area contributed by atoms with Crippen LogP contribution >= 0.6 is 11.3 Å². The Morgan fingerprint density at radius 3 is 2.81 bits per heavy atom. The van der Waals surface area contributed by atoms with Gasteiger partial charge in [0.25, 0.3) is 0 Å². The second kappa shape index (κ2) is 6.49. The predicted molar refractivity (Wildman–Crippen MR) is 78.9 cm³/mol. The Balaban J connectivity index is 2.05. The van der Waals surface area contributed by atoms with E-state index in [0.717, 1.165) is 23.5 Å². The number of ether oxygens (including phenoxy) is 1. The third-order valence-corrected chi connectivity index (χ3v) is 4.02. The molecule has 2 heterocycles. The van der Waals surface area contributed by atoms with E-state index in [9.17, 15) is 9.59 Å². The molecule has 0 fully saturated rings. The highest BCUT2D eigenvalue weighted by Crippen LogP contribution is 2.24. The molecule has 0 saturated heterocycles. The van der Waals surface area contributed by atoms with E-state index in [4.69, 9.17) is 0 Å². The molecule has 0 unspecified atom stereocenters. The van der Waals surface area contributed by atoms with Crippen LogP contribution in [0, 0.1) is 0 Å². The molecule has 0 spiro atoms. The Kier molecular flexibility index (Phi) is 4.69. The lowest BCUT2D eigenvalue weighted by atomic mass is 10.3. The molecule has 2 rings (SSSR count). The van der Waals surface area contributed by atoms with Crippen molar-refractivity contribution in [2.45, 2.75) is 13.3 Å². The average Bonchev–Trinajstić information content (AvgIpc) is 3.05. The SMILES string of the molecule is COC(=O)c1nc(NCCc2ccnn2C)sc1C(C)=O. The van der Waals surface area contributed by atoms with Crippen molar-refractivity contribution < 1.29 is 14.3 Å². The van der Waals surface area contributed by atoms with Gasteiger partial charge in [0, 0.05) is 38.8 Å². The van der Waals surface area contributed by atoms with Gasteiger partial charge in [0.1, 0.15) is 4.88 Å². The maximum atomic E-state index is 11.6. The molecule has 112 valence electrons. The second-order valence-electron chi connectivity index (χ2n) is 4.37. The lowest BCUT2D eigenvalue weighted by molar-refractivity contribution is 0.0591. The van der Waals surface area contributed by atoms with Gasteiger partial charge in [0.15, 0.2) is 16.6 Å². The Bertz CT molecular complexity index is 662. The first-order valence-electron chi connectivity index (χ1n) is 6.33. The van der Waals surface area contributed by atoms with E-state index in [1.165, 1.54) is 14.0 Å². The first kappa shape index (κ1) is 15.2. The monoisotopic (exact) mass is 308 g/mol. The van der Waals surface area contributed by atoms with Gasteiger partial charge in [-0.1, -0.05) is 11.3 Å². The van der Waals surface area contributed by atoms with Crippen LogP contribution in [0.1, 0.15) is 32.8 Å². The van der Waals surface area contributed by atoms with Gasteiger partial charge >= 0.3 is 5.97 Å². The second-order valence-corrected chi connectivity index (χ2v) is 5.37. The number of hydrogen-bond acceptors (Lipinski definition) is 7. The smallest absolute Gasteiger partial charge is 0.358 e. The minimum atomic E-state index is -0.601. The Morgan fingerprint density at radius 2 is 2.24 bits per heavy atom. The van der Waals surface area contributed by atoms with Crippen LogP contribution in [0.4, 0.5) is 5.13 Å². The molecule has 0 atom stereocenters. The molecule has 0 radical (unpaired) electrons. The lowest BCUT2D eigenvalue weighted by Crippen LogP contribution is -2.09. The molecule has 0 saturated carbocycles. The van der Waals surface area contributed by atoms with Crippen molar-refractivity contribution in [1.29, 1.82) is 0 Å². The minimum Gasteiger partial charge on any atom is -0.464 e. The number of esters is 1. The molecule has 21 heavy (non-hydrogen) atoms. The van der Waals surface area contributed by atoms with Gasteiger partial charge in [-0.2, -0.15) is 5.10 Å². The summed E-state index contributed by atoms with van der Waals surface area (Å²) in [7, 11) is 3.14. The highest BCUT2D eigenvalue weighted by molar-refractivity contribution is 7.17. The summed E-state index contributed by atoms with van der Waals surface area (Å²) in [5.41, 5.74) is 1.15. The number of rotatable bonds is 6. The van der Waals surface area contributed by atoms with E-state index in [0.29, 0.717) is 16.6 Å². The summed E-state index contributed by atoms with van der Waals surface area (Å²) in [6.07, 6.45) is 2.50. The number of methoxy groups -OCH3 is 1. The topological polar surface area (TPSA) is 86.1 Å². The molecule has 0 aliphatic heterocycles. The van der Waals surface area contributed by atoms with E-state index < -0.39 is 5.97 Å². The van der Waals surface area contributed by atoms with Gasteiger partial charge in [-0.3, -0.25) is 9.48 Å². The van der Waals surface area contributed by atoms with Crippen LogP contribution in [0.25, 0.3) is 0 Å². The molecular weight excluding hydrogens is 292 g/mol. The van der Waals surface area contributed by atoms with Crippen LogP contribution < -0.4 is 5.32 Å². The van der Waals surface area contributed by atoms with Crippen molar-refractivity contribution in [3.05, 3.63) is 28.5 Å². The summed E-state index contributed by atoms with van der Waals surface area (Å²) in [5, 5.41) is 7.73. The number of aromatic nitrogens is 3. The first-order valence-corrected chi connectivity index (χ1v) is 7.15. The fraction of sp³-hybridized carbons (Fsp3) is 0.385. The molecule has 2 aromatic rings. The Labute approximate surface area is 125 Å². The Hall–Kier alpha value is -2.22. The number of carbonyl (C=O) groups excluding carboxylic acids is 2. The van der Waals surface area contributed by atoms with Crippen molar-refractivity contribution in [2.24, 2.45) is 7.05 Å².